The lowest BCUT2D eigenvalue weighted by Gasteiger charge is -2.23. The smallest absolute Gasteiger partial charge is 0.182 e. The van der Waals surface area contributed by atoms with Crippen molar-refractivity contribution in [2.75, 3.05) is 6.54 Å². The third-order valence-electron chi connectivity index (χ3n) is 3.31. The zero-order chi connectivity index (χ0) is 16.1. The zero-order valence-electron chi connectivity index (χ0n) is 13.2. The summed E-state index contributed by atoms with van der Waals surface area (Å²) in [6, 6.07) is 7.82. The second-order valence-electron chi connectivity index (χ2n) is 5.32. The van der Waals surface area contributed by atoms with E-state index in [9.17, 15) is 5.21 Å². The Labute approximate surface area is 131 Å². The predicted octanol–water partition coefficient (Wildman–Crippen LogP) is 3.88. The lowest BCUT2D eigenvalue weighted by Crippen LogP contribution is -2.36. The number of benzene rings is 1. The summed E-state index contributed by atoms with van der Waals surface area (Å²) in [5.41, 5.74) is 4.61. The molecule has 1 N–H and O–H groups in total. The van der Waals surface area contributed by atoms with Crippen LogP contribution < -0.4 is 0 Å². The van der Waals surface area contributed by atoms with Gasteiger partial charge in [-0.2, -0.15) is 5.10 Å². The van der Waals surface area contributed by atoms with Gasteiger partial charge in [-0.15, -0.1) is 5.10 Å². The molecule has 0 unspecified atom stereocenters. The van der Waals surface area contributed by atoms with Crippen LogP contribution >= 0.6 is 0 Å². The molecule has 0 spiro atoms. The minimum absolute atomic E-state index is 0.299. The van der Waals surface area contributed by atoms with Crippen molar-refractivity contribution in [3.05, 3.63) is 71.3 Å². The molecule has 0 saturated carbocycles. The number of hydrogen-bond acceptors (Lipinski definition) is 4. The zero-order valence-corrected chi connectivity index (χ0v) is 13.2. The van der Waals surface area contributed by atoms with Gasteiger partial charge in [-0.1, -0.05) is 60.2 Å². The molecule has 2 rings (SSSR count). The van der Waals surface area contributed by atoms with Crippen LogP contribution in [0.25, 0.3) is 0 Å². The second kappa shape index (κ2) is 7.00. The Balaban J connectivity index is 2.28. The van der Waals surface area contributed by atoms with E-state index >= 15 is 0 Å². The molecular formula is C18H21N3O. The summed E-state index contributed by atoms with van der Waals surface area (Å²) in [5.74, 6) is 0.461. The van der Waals surface area contributed by atoms with Crippen molar-refractivity contribution >= 4 is 11.5 Å². The summed E-state index contributed by atoms with van der Waals surface area (Å²) < 4.78 is 0. The van der Waals surface area contributed by atoms with Crippen molar-refractivity contribution in [3.63, 3.8) is 0 Å². The summed E-state index contributed by atoms with van der Waals surface area (Å²) in [6.07, 6.45) is 5.79. The molecular weight excluding hydrogens is 274 g/mol. The van der Waals surface area contributed by atoms with E-state index in [1.807, 2.05) is 63.3 Å². The Bertz CT molecular complexity index is 679. The standard InChI is InChI=1S/C18H21N3O/c1-5-15(9-6-13(2)3)17-12-21(22)18(20-19-17)16-10-7-14(4)8-11-16/h5-11,22H,2,12H2,1,3-4H3/b9-6-,15-5+. The normalized spacial score (nSPS) is 15.8. The average Bonchev–Trinajstić information content (AvgIpc) is 2.49. The van der Waals surface area contributed by atoms with E-state index in [-0.39, 0.29) is 0 Å². The molecule has 114 valence electrons. The maximum absolute atomic E-state index is 10.2. The van der Waals surface area contributed by atoms with Crippen LogP contribution in [-0.4, -0.2) is 28.4 Å². The number of amidine groups is 1. The molecule has 4 heteroatoms. The highest BCUT2D eigenvalue weighted by molar-refractivity contribution is 6.09. The van der Waals surface area contributed by atoms with Gasteiger partial charge in [0.2, 0.25) is 0 Å². The van der Waals surface area contributed by atoms with E-state index in [2.05, 4.69) is 16.8 Å². The molecule has 0 fully saturated rings. The minimum atomic E-state index is 0.299. The molecule has 0 bridgehead atoms. The van der Waals surface area contributed by atoms with E-state index in [1.165, 1.54) is 0 Å². The van der Waals surface area contributed by atoms with Crippen molar-refractivity contribution in [2.24, 2.45) is 10.2 Å². The largest absolute Gasteiger partial charge is 0.287 e. The highest BCUT2D eigenvalue weighted by atomic mass is 16.5. The first-order valence-electron chi connectivity index (χ1n) is 7.19. The van der Waals surface area contributed by atoms with Gasteiger partial charge in [0.1, 0.15) is 0 Å². The van der Waals surface area contributed by atoms with Gasteiger partial charge in [-0.05, 0) is 26.3 Å². The second-order valence-corrected chi connectivity index (χ2v) is 5.32. The van der Waals surface area contributed by atoms with Crippen LogP contribution in [0.1, 0.15) is 25.0 Å². The van der Waals surface area contributed by atoms with Crippen molar-refractivity contribution in [1.29, 1.82) is 0 Å². The Kier molecular flexibility index (Phi) is 5.07. The van der Waals surface area contributed by atoms with Gasteiger partial charge in [-0.3, -0.25) is 5.21 Å². The summed E-state index contributed by atoms with van der Waals surface area (Å²) in [4.78, 5) is 0. The molecule has 1 aliphatic rings. The number of aryl methyl sites for hydroxylation is 1. The fraction of sp³-hybridized carbons (Fsp3) is 0.222. The lowest BCUT2D eigenvalue weighted by molar-refractivity contribution is 0.000481. The molecule has 22 heavy (non-hydrogen) atoms. The number of nitrogens with zero attached hydrogens (tertiary/aromatic N) is 3. The summed E-state index contributed by atoms with van der Waals surface area (Å²) >= 11 is 0. The minimum Gasteiger partial charge on any atom is -0.287 e. The monoisotopic (exact) mass is 295 g/mol. The van der Waals surface area contributed by atoms with Crippen molar-refractivity contribution < 1.29 is 5.21 Å². The van der Waals surface area contributed by atoms with Crippen molar-refractivity contribution in [1.82, 2.24) is 5.06 Å². The Morgan fingerprint density at radius 2 is 1.91 bits per heavy atom. The average molecular weight is 295 g/mol. The molecule has 0 atom stereocenters. The van der Waals surface area contributed by atoms with E-state index < -0.39 is 0 Å². The first-order valence-corrected chi connectivity index (χ1v) is 7.19. The number of allylic oxidation sites excluding steroid dienone is 4. The lowest BCUT2D eigenvalue weighted by atomic mass is 10.1. The highest BCUT2D eigenvalue weighted by Crippen LogP contribution is 2.14. The predicted molar refractivity (Wildman–Crippen MR) is 91.4 cm³/mol. The number of hydroxylamine groups is 2. The van der Waals surface area contributed by atoms with Gasteiger partial charge >= 0.3 is 0 Å². The molecule has 0 amide bonds. The third-order valence-corrected chi connectivity index (χ3v) is 3.31. The van der Waals surface area contributed by atoms with Crippen molar-refractivity contribution in [2.45, 2.75) is 20.8 Å². The fourth-order valence-electron chi connectivity index (χ4n) is 2.06. The molecule has 0 aliphatic carbocycles. The van der Waals surface area contributed by atoms with Gasteiger partial charge in [0.05, 0.1) is 12.3 Å². The van der Waals surface area contributed by atoms with Crippen LogP contribution in [0, 0.1) is 6.92 Å². The van der Waals surface area contributed by atoms with E-state index in [4.69, 9.17) is 0 Å². The van der Waals surface area contributed by atoms with Gasteiger partial charge in [0.15, 0.2) is 5.84 Å². The summed E-state index contributed by atoms with van der Waals surface area (Å²) in [6.45, 7) is 10.0. The van der Waals surface area contributed by atoms with E-state index in [0.29, 0.717) is 12.4 Å². The van der Waals surface area contributed by atoms with Crippen LogP contribution in [0.4, 0.5) is 0 Å². The van der Waals surface area contributed by atoms with E-state index in [0.717, 1.165) is 33.0 Å². The Hall–Kier alpha value is -2.46. The van der Waals surface area contributed by atoms with Crippen LogP contribution in [0.3, 0.4) is 0 Å². The number of rotatable bonds is 4. The first-order chi connectivity index (χ1) is 10.5. The van der Waals surface area contributed by atoms with Gasteiger partial charge in [0, 0.05) is 5.56 Å². The number of hydrogen-bond donors (Lipinski definition) is 1. The van der Waals surface area contributed by atoms with Gasteiger partial charge < -0.3 is 0 Å². The molecule has 0 aromatic heterocycles. The summed E-state index contributed by atoms with van der Waals surface area (Å²) in [5, 5.41) is 19.8. The molecule has 0 saturated heterocycles. The quantitative estimate of drug-likeness (QED) is 0.857. The third kappa shape index (κ3) is 3.80. The fourth-order valence-corrected chi connectivity index (χ4v) is 2.06. The first kappa shape index (κ1) is 15.9. The molecule has 1 heterocycles. The summed E-state index contributed by atoms with van der Waals surface area (Å²) in [7, 11) is 0. The maximum Gasteiger partial charge on any atom is 0.182 e. The maximum atomic E-state index is 10.2. The van der Waals surface area contributed by atoms with Crippen molar-refractivity contribution in [3.8, 4) is 0 Å². The van der Waals surface area contributed by atoms with Crippen LogP contribution in [0.2, 0.25) is 0 Å². The molecule has 1 aliphatic heterocycles. The van der Waals surface area contributed by atoms with Crippen LogP contribution in [0.15, 0.2) is 70.4 Å². The van der Waals surface area contributed by atoms with Crippen LogP contribution in [-0.2, 0) is 0 Å². The topological polar surface area (TPSA) is 48.2 Å². The molecule has 1 aromatic rings. The Morgan fingerprint density at radius 1 is 1.23 bits per heavy atom. The van der Waals surface area contributed by atoms with Crippen LogP contribution in [0.5, 0.6) is 0 Å². The van der Waals surface area contributed by atoms with Gasteiger partial charge in [0.25, 0.3) is 0 Å². The SMILES string of the molecule is C=C(C)/C=C\C(=C/C)C1=NN=C(c2ccc(C)cc2)N(O)C1. The molecule has 0 radical (unpaired) electrons. The Morgan fingerprint density at radius 3 is 2.45 bits per heavy atom. The molecule has 4 nitrogen and oxygen atoms in total. The van der Waals surface area contributed by atoms with Gasteiger partial charge in [-0.25, -0.2) is 5.06 Å². The van der Waals surface area contributed by atoms with E-state index in [1.54, 1.807) is 0 Å². The highest BCUT2D eigenvalue weighted by Gasteiger charge is 2.19. The molecule has 1 aromatic carbocycles.